The van der Waals surface area contributed by atoms with E-state index >= 15 is 0 Å². The van der Waals surface area contributed by atoms with Gasteiger partial charge in [0.15, 0.2) is 0 Å². The Morgan fingerprint density at radius 1 is 1.64 bits per heavy atom. The van der Waals surface area contributed by atoms with E-state index in [0.29, 0.717) is 18.6 Å². The van der Waals surface area contributed by atoms with Gasteiger partial charge >= 0.3 is 0 Å². The van der Waals surface area contributed by atoms with E-state index in [1.165, 1.54) is 11.5 Å². The molecule has 0 aromatic rings. The quantitative estimate of drug-likeness (QED) is 0.632. The fourth-order valence-corrected chi connectivity index (χ4v) is 2.17. The molecular weight excluding hydrogens is 182 g/mol. The number of rotatable bonds is 3. The molecule has 0 aromatic heterocycles. The molecule has 0 spiro atoms. The molecular formula is C10H15NO3. The minimum Gasteiger partial charge on any atom is -0.301 e. The Kier molecular flexibility index (Phi) is 2.31. The molecule has 1 aliphatic carbocycles. The summed E-state index contributed by atoms with van der Waals surface area (Å²) in [5, 5.41) is 1.20. The van der Waals surface area contributed by atoms with Crippen LogP contribution in [-0.2, 0) is 14.4 Å². The summed E-state index contributed by atoms with van der Waals surface area (Å²) in [7, 11) is 0. The van der Waals surface area contributed by atoms with Crippen molar-refractivity contribution in [2.45, 2.75) is 38.2 Å². The topological polar surface area (TPSA) is 46.6 Å². The number of amides is 1. The van der Waals surface area contributed by atoms with Crippen molar-refractivity contribution in [3.8, 4) is 0 Å². The van der Waals surface area contributed by atoms with Gasteiger partial charge in [-0.3, -0.25) is 9.63 Å². The van der Waals surface area contributed by atoms with Crippen LogP contribution < -0.4 is 0 Å². The van der Waals surface area contributed by atoms with Gasteiger partial charge in [-0.15, -0.1) is 0 Å². The van der Waals surface area contributed by atoms with Crippen LogP contribution in [0.15, 0.2) is 0 Å². The van der Waals surface area contributed by atoms with Gasteiger partial charge in [0.1, 0.15) is 18.4 Å². The van der Waals surface area contributed by atoms with Crippen LogP contribution in [-0.4, -0.2) is 29.4 Å². The number of hydroxylamine groups is 2. The second-order valence-electron chi connectivity index (χ2n) is 4.33. The molecule has 4 heteroatoms. The maximum Gasteiger partial charge on any atom is 0.249 e. The molecule has 2 rings (SSSR count). The van der Waals surface area contributed by atoms with Gasteiger partial charge in [0.25, 0.3) is 0 Å². The third-order valence-electron chi connectivity index (χ3n) is 3.31. The molecule has 14 heavy (non-hydrogen) atoms. The van der Waals surface area contributed by atoms with Gasteiger partial charge in [0, 0.05) is 0 Å². The Hall–Kier alpha value is -0.900. The molecule has 1 heterocycles. The van der Waals surface area contributed by atoms with Crippen molar-refractivity contribution in [3.63, 3.8) is 0 Å². The highest BCUT2D eigenvalue weighted by molar-refractivity contribution is 5.80. The molecule has 0 aromatic carbocycles. The molecule has 0 radical (unpaired) electrons. The maximum atomic E-state index is 11.5. The van der Waals surface area contributed by atoms with Crippen molar-refractivity contribution in [1.29, 1.82) is 0 Å². The molecule has 2 fully saturated rings. The molecule has 78 valence electrons. The lowest BCUT2D eigenvalue weighted by molar-refractivity contribution is -0.213. The first-order valence-electron chi connectivity index (χ1n) is 5.09. The van der Waals surface area contributed by atoms with Crippen molar-refractivity contribution >= 4 is 12.2 Å². The first-order chi connectivity index (χ1) is 6.65. The van der Waals surface area contributed by atoms with Gasteiger partial charge in [-0.25, -0.2) is 5.06 Å². The molecule has 1 aliphatic heterocycles. The standard InChI is InChI=1S/C10H15NO3/c1-10(8-3-2-4-8)7-9(13)11(14-10)5-6-12/h6,8H,2-5,7H2,1H3. The molecule has 1 saturated heterocycles. The highest BCUT2D eigenvalue weighted by Crippen LogP contribution is 2.43. The van der Waals surface area contributed by atoms with E-state index in [1.807, 2.05) is 6.92 Å². The Balaban J connectivity index is 2.02. The lowest BCUT2D eigenvalue weighted by atomic mass is 9.72. The number of nitrogens with zero attached hydrogens (tertiary/aromatic N) is 1. The van der Waals surface area contributed by atoms with Crippen LogP contribution in [0.1, 0.15) is 32.6 Å². The van der Waals surface area contributed by atoms with Crippen molar-refractivity contribution in [1.82, 2.24) is 5.06 Å². The first-order valence-corrected chi connectivity index (χ1v) is 5.09. The zero-order valence-corrected chi connectivity index (χ0v) is 8.36. The van der Waals surface area contributed by atoms with Crippen LogP contribution >= 0.6 is 0 Å². The zero-order chi connectivity index (χ0) is 10.2. The highest BCUT2D eigenvalue weighted by Gasteiger charge is 2.48. The Morgan fingerprint density at radius 3 is 2.86 bits per heavy atom. The van der Waals surface area contributed by atoms with Crippen LogP contribution in [0.25, 0.3) is 0 Å². The van der Waals surface area contributed by atoms with Crippen LogP contribution in [0, 0.1) is 5.92 Å². The van der Waals surface area contributed by atoms with E-state index in [0.717, 1.165) is 12.8 Å². The van der Waals surface area contributed by atoms with E-state index in [1.54, 1.807) is 0 Å². The average Bonchev–Trinajstić information content (AvgIpc) is 2.24. The molecule has 1 unspecified atom stereocenters. The monoisotopic (exact) mass is 197 g/mol. The van der Waals surface area contributed by atoms with Crippen LogP contribution in [0.4, 0.5) is 0 Å². The predicted molar refractivity (Wildman–Crippen MR) is 49.2 cm³/mol. The summed E-state index contributed by atoms with van der Waals surface area (Å²) in [5.74, 6) is 0.426. The highest BCUT2D eigenvalue weighted by atomic mass is 16.7. The number of carbonyl (C=O) groups is 2. The van der Waals surface area contributed by atoms with Crippen molar-refractivity contribution < 1.29 is 14.4 Å². The number of hydrogen-bond donors (Lipinski definition) is 0. The lowest BCUT2D eigenvalue weighted by Crippen LogP contribution is -2.39. The molecule has 1 saturated carbocycles. The molecule has 2 aliphatic rings. The SMILES string of the molecule is CC1(C2CCC2)CC(=O)N(CC=O)O1. The Bertz CT molecular complexity index is 262. The van der Waals surface area contributed by atoms with E-state index in [-0.39, 0.29) is 18.1 Å². The van der Waals surface area contributed by atoms with Gasteiger partial charge < -0.3 is 4.79 Å². The molecule has 0 N–H and O–H groups in total. The summed E-state index contributed by atoms with van der Waals surface area (Å²) in [6.07, 6.45) is 4.62. The summed E-state index contributed by atoms with van der Waals surface area (Å²) in [6.45, 7) is 2.03. The fourth-order valence-electron chi connectivity index (χ4n) is 2.17. The second-order valence-corrected chi connectivity index (χ2v) is 4.33. The van der Waals surface area contributed by atoms with E-state index in [4.69, 9.17) is 4.84 Å². The summed E-state index contributed by atoms with van der Waals surface area (Å²) >= 11 is 0. The van der Waals surface area contributed by atoms with Crippen LogP contribution in [0.3, 0.4) is 0 Å². The summed E-state index contributed by atoms with van der Waals surface area (Å²) in [5.41, 5.74) is -0.349. The third-order valence-corrected chi connectivity index (χ3v) is 3.31. The minimum absolute atomic E-state index is 0.0567. The van der Waals surface area contributed by atoms with Gasteiger partial charge in [-0.2, -0.15) is 0 Å². The van der Waals surface area contributed by atoms with E-state index in [2.05, 4.69) is 0 Å². The van der Waals surface area contributed by atoms with Crippen LogP contribution in [0.2, 0.25) is 0 Å². The normalized spacial score (nSPS) is 33.2. The van der Waals surface area contributed by atoms with Crippen LogP contribution in [0.5, 0.6) is 0 Å². The van der Waals surface area contributed by atoms with E-state index in [9.17, 15) is 9.59 Å². The largest absolute Gasteiger partial charge is 0.301 e. The van der Waals surface area contributed by atoms with Crippen molar-refractivity contribution in [2.24, 2.45) is 5.92 Å². The van der Waals surface area contributed by atoms with Gasteiger partial charge in [0.2, 0.25) is 5.91 Å². The molecule has 0 bridgehead atoms. The van der Waals surface area contributed by atoms with Gasteiger partial charge in [-0.05, 0) is 25.7 Å². The predicted octanol–water partition coefficient (Wildman–Crippen LogP) is 0.908. The summed E-state index contributed by atoms with van der Waals surface area (Å²) in [4.78, 5) is 27.3. The number of carbonyl (C=O) groups excluding carboxylic acids is 2. The minimum atomic E-state index is -0.349. The lowest BCUT2D eigenvalue weighted by Gasteiger charge is -2.38. The second kappa shape index (κ2) is 3.35. The maximum absolute atomic E-state index is 11.5. The summed E-state index contributed by atoms with van der Waals surface area (Å²) < 4.78 is 0. The third kappa shape index (κ3) is 1.43. The van der Waals surface area contributed by atoms with Crippen molar-refractivity contribution in [3.05, 3.63) is 0 Å². The van der Waals surface area contributed by atoms with Gasteiger partial charge in [0.05, 0.1) is 6.42 Å². The Labute approximate surface area is 83.2 Å². The summed E-state index contributed by atoms with van der Waals surface area (Å²) in [6, 6.07) is 0. The molecule has 4 nitrogen and oxygen atoms in total. The Morgan fingerprint density at radius 2 is 2.36 bits per heavy atom. The average molecular weight is 197 g/mol. The first kappa shape index (κ1) is 9.65. The molecule has 1 atom stereocenters. The number of hydrogen-bond acceptors (Lipinski definition) is 3. The smallest absolute Gasteiger partial charge is 0.249 e. The fraction of sp³-hybridized carbons (Fsp3) is 0.800. The zero-order valence-electron chi connectivity index (χ0n) is 8.36. The molecule has 1 amide bonds. The van der Waals surface area contributed by atoms with E-state index < -0.39 is 0 Å². The number of aldehydes is 1. The van der Waals surface area contributed by atoms with Gasteiger partial charge in [-0.1, -0.05) is 6.42 Å². The van der Waals surface area contributed by atoms with Crippen molar-refractivity contribution in [2.75, 3.05) is 6.54 Å².